The maximum Gasteiger partial charge on any atom is 0.256 e. The Morgan fingerprint density at radius 3 is 2.86 bits per heavy atom. The Labute approximate surface area is 135 Å². The van der Waals surface area contributed by atoms with E-state index in [2.05, 4.69) is 26.6 Å². The minimum atomic E-state index is -0.248. The number of nitrogens with one attached hydrogen (secondary N) is 2. The highest BCUT2D eigenvalue weighted by Gasteiger charge is 2.17. The van der Waals surface area contributed by atoms with E-state index in [1.165, 1.54) is 0 Å². The van der Waals surface area contributed by atoms with Crippen molar-refractivity contribution in [2.24, 2.45) is 0 Å². The van der Waals surface area contributed by atoms with Gasteiger partial charge in [-0.05, 0) is 46.3 Å². The molecule has 0 saturated heterocycles. The van der Waals surface area contributed by atoms with Gasteiger partial charge < -0.3 is 15.4 Å². The van der Waals surface area contributed by atoms with Gasteiger partial charge in [0.2, 0.25) is 0 Å². The van der Waals surface area contributed by atoms with Crippen molar-refractivity contribution in [2.45, 2.75) is 0 Å². The Bertz CT molecular complexity index is 746. The summed E-state index contributed by atoms with van der Waals surface area (Å²) >= 11 is 3.35. The van der Waals surface area contributed by atoms with E-state index in [1.807, 2.05) is 6.07 Å². The van der Waals surface area contributed by atoms with Crippen LogP contribution in [0.15, 0.2) is 46.9 Å². The molecule has 2 aromatic rings. The minimum absolute atomic E-state index is 0.204. The van der Waals surface area contributed by atoms with Crippen LogP contribution in [0.4, 0.5) is 5.69 Å². The lowest BCUT2D eigenvalue weighted by molar-refractivity contribution is 0.0955. The quantitative estimate of drug-likeness (QED) is 0.865. The molecule has 5 nitrogen and oxygen atoms in total. The van der Waals surface area contributed by atoms with Gasteiger partial charge in [-0.25, -0.2) is 0 Å². The zero-order valence-electron chi connectivity index (χ0n) is 11.6. The summed E-state index contributed by atoms with van der Waals surface area (Å²) in [6.07, 6.45) is 0. The molecule has 0 atom stereocenters. The maximum absolute atomic E-state index is 12.3. The van der Waals surface area contributed by atoms with Gasteiger partial charge in [0.25, 0.3) is 11.8 Å². The molecule has 1 aliphatic heterocycles. The number of hydrogen-bond acceptors (Lipinski definition) is 3. The van der Waals surface area contributed by atoms with Crippen molar-refractivity contribution in [3.63, 3.8) is 0 Å². The first kappa shape index (κ1) is 14.6. The van der Waals surface area contributed by atoms with Gasteiger partial charge in [-0.3, -0.25) is 9.59 Å². The van der Waals surface area contributed by atoms with Crippen LogP contribution in [0, 0.1) is 0 Å². The standard InChI is InChI=1S/C16H13BrN2O3/c17-13-4-2-1-3-11(13)16(21)19-10-5-6-14-12(9-10)15(20)18-7-8-22-14/h1-6,9H,7-8H2,(H,18,20)(H,19,21). The fourth-order valence-electron chi connectivity index (χ4n) is 2.18. The molecule has 22 heavy (non-hydrogen) atoms. The second kappa shape index (κ2) is 6.19. The molecule has 0 saturated carbocycles. The predicted octanol–water partition coefficient (Wildman–Crippen LogP) is 2.82. The lowest BCUT2D eigenvalue weighted by Gasteiger charge is -2.10. The molecule has 0 fully saturated rings. The predicted molar refractivity (Wildman–Crippen MR) is 86.4 cm³/mol. The Morgan fingerprint density at radius 2 is 2.05 bits per heavy atom. The zero-order chi connectivity index (χ0) is 15.5. The van der Waals surface area contributed by atoms with E-state index in [0.29, 0.717) is 40.2 Å². The number of fused-ring (bicyclic) bond motifs is 1. The van der Waals surface area contributed by atoms with Crippen LogP contribution < -0.4 is 15.4 Å². The number of anilines is 1. The van der Waals surface area contributed by atoms with Gasteiger partial charge in [0.15, 0.2) is 0 Å². The molecule has 0 spiro atoms. The third-order valence-electron chi connectivity index (χ3n) is 3.25. The molecule has 3 rings (SSSR count). The van der Waals surface area contributed by atoms with Crippen LogP contribution in [-0.2, 0) is 0 Å². The molecule has 1 aliphatic rings. The van der Waals surface area contributed by atoms with Crippen molar-refractivity contribution in [2.75, 3.05) is 18.5 Å². The van der Waals surface area contributed by atoms with Crippen LogP contribution in [0.3, 0.4) is 0 Å². The van der Waals surface area contributed by atoms with Crippen LogP contribution in [-0.4, -0.2) is 25.0 Å². The maximum atomic E-state index is 12.3. The normalized spacial score (nSPS) is 13.4. The molecule has 1 heterocycles. The fraction of sp³-hybridized carbons (Fsp3) is 0.125. The molecule has 2 N–H and O–H groups in total. The van der Waals surface area contributed by atoms with Crippen molar-refractivity contribution in [1.82, 2.24) is 5.32 Å². The number of benzene rings is 2. The highest BCUT2D eigenvalue weighted by atomic mass is 79.9. The van der Waals surface area contributed by atoms with E-state index in [0.717, 1.165) is 0 Å². The summed E-state index contributed by atoms with van der Waals surface area (Å²) in [6, 6.07) is 12.2. The summed E-state index contributed by atoms with van der Waals surface area (Å²) in [5.41, 5.74) is 1.49. The Balaban J connectivity index is 1.86. The average molecular weight is 361 g/mol. The third-order valence-corrected chi connectivity index (χ3v) is 3.94. The molecule has 0 radical (unpaired) electrons. The van der Waals surface area contributed by atoms with Crippen LogP contribution in [0.5, 0.6) is 5.75 Å². The van der Waals surface area contributed by atoms with Gasteiger partial charge in [0.1, 0.15) is 12.4 Å². The highest BCUT2D eigenvalue weighted by molar-refractivity contribution is 9.10. The van der Waals surface area contributed by atoms with E-state index in [1.54, 1.807) is 36.4 Å². The Kier molecular flexibility index (Phi) is 4.11. The van der Waals surface area contributed by atoms with Gasteiger partial charge in [-0.15, -0.1) is 0 Å². The van der Waals surface area contributed by atoms with Gasteiger partial charge in [0, 0.05) is 10.2 Å². The zero-order valence-corrected chi connectivity index (χ0v) is 13.1. The molecular formula is C16H13BrN2O3. The van der Waals surface area contributed by atoms with Crippen molar-refractivity contribution < 1.29 is 14.3 Å². The fourth-order valence-corrected chi connectivity index (χ4v) is 2.64. The summed E-state index contributed by atoms with van der Waals surface area (Å²) in [7, 11) is 0. The number of amides is 2. The average Bonchev–Trinajstić information content (AvgIpc) is 2.70. The van der Waals surface area contributed by atoms with Crippen LogP contribution in [0.2, 0.25) is 0 Å². The number of ether oxygens (including phenoxy) is 1. The number of carbonyl (C=O) groups is 2. The molecule has 6 heteroatoms. The van der Waals surface area contributed by atoms with E-state index >= 15 is 0 Å². The summed E-state index contributed by atoms with van der Waals surface area (Å²) in [5.74, 6) is 0.0701. The van der Waals surface area contributed by atoms with Gasteiger partial charge in [-0.1, -0.05) is 12.1 Å². The van der Waals surface area contributed by atoms with Crippen LogP contribution in [0.25, 0.3) is 0 Å². The number of hydrogen-bond donors (Lipinski definition) is 2. The molecule has 112 valence electrons. The molecule has 0 aliphatic carbocycles. The monoisotopic (exact) mass is 360 g/mol. The third kappa shape index (κ3) is 2.96. The van der Waals surface area contributed by atoms with Crippen LogP contribution in [0.1, 0.15) is 20.7 Å². The first-order chi connectivity index (χ1) is 10.6. The van der Waals surface area contributed by atoms with E-state index in [9.17, 15) is 9.59 Å². The Morgan fingerprint density at radius 1 is 1.23 bits per heavy atom. The van der Waals surface area contributed by atoms with Gasteiger partial charge in [0.05, 0.1) is 17.7 Å². The summed E-state index contributed by atoms with van der Waals surface area (Å²) in [4.78, 5) is 24.2. The van der Waals surface area contributed by atoms with Gasteiger partial charge >= 0.3 is 0 Å². The van der Waals surface area contributed by atoms with Crippen LogP contribution >= 0.6 is 15.9 Å². The first-order valence-electron chi connectivity index (χ1n) is 6.76. The second-order valence-electron chi connectivity index (χ2n) is 4.75. The minimum Gasteiger partial charge on any atom is -0.491 e. The van der Waals surface area contributed by atoms with Crippen molar-refractivity contribution >= 4 is 33.4 Å². The summed E-state index contributed by atoms with van der Waals surface area (Å²) in [5, 5.41) is 5.52. The lowest BCUT2D eigenvalue weighted by atomic mass is 10.1. The molecule has 0 aromatic heterocycles. The van der Waals surface area contributed by atoms with Crippen molar-refractivity contribution in [1.29, 1.82) is 0 Å². The molecule has 2 amide bonds. The number of rotatable bonds is 2. The summed E-state index contributed by atoms with van der Waals surface area (Å²) in [6.45, 7) is 0.896. The molecular weight excluding hydrogens is 348 g/mol. The molecule has 0 bridgehead atoms. The van der Waals surface area contributed by atoms with Gasteiger partial charge in [-0.2, -0.15) is 0 Å². The van der Waals surface area contributed by atoms with E-state index < -0.39 is 0 Å². The largest absolute Gasteiger partial charge is 0.491 e. The topological polar surface area (TPSA) is 67.4 Å². The second-order valence-corrected chi connectivity index (χ2v) is 5.60. The molecule has 0 unspecified atom stereocenters. The molecule has 2 aromatic carbocycles. The Hall–Kier alpha value is -2.34. The first-order valence-corrected chi connectivity index (χ1v) is 7.55. The number of carbonyl (C=O) groups excluding carboxylic acids is 2. The van der Waals surface area contributed by atoms with E-state index in [4.69, 9.17) is 4.74 Å². The smallest absolute Gasteiger partial charge is 0.256 e. The lowest BCUT2D eigenvalue weighted by Crippen LogP contribution is -2.24. The van der Waals surface area contributed by atoms with Crippen molar-refractivity contribution in [3.8, 4) is 5.75 Å². The number of halogens is 1. The van der Waals surface area contributed by atoms with Crippen molar-refractivity contribution in [3.05, 3.63) is 58.1 Å². The summed E-state index contributed by atoms with van der Waals surface area (Å²) < 4.78 is 6.19. The van der Waals surface area contributed by atoms with E-state index in [-0.39, 0.29) is 11.8 Å². The highest BCUT2D eigenvalue weighted by Crippen LogP contribution is 2.25. The SMILES string of the molecule is O=C(Nc1ccc2c(c1)C(=O)NCCO2)c1ccccc1Br.